The summed E-state index contributed by atoms with van der Waals surface area (Å²) in [6, 6.07) is 17.0. The van der Waals surface area contributed by atoms with Crippen LogP contribution in [0.1, 0.15) is 22.0 Å². The molecule has 2 aromatic carbocycles. The molecule has 1 aromatic heterocycles. The Morgan fingerprint density at radius 3 is 2.57 bits per heavy atom. The maximum atomic E-state index is 13.0. The van der Waals surface area contributed by atoms with E-state index in [1.165, 1.54) is 29.4 Å². The Morgan fingerprint density at radius 1 is 1.13 bits per heavy atom. The van der Waals surface area contributed by atoms with Crippen molar-refractivity contribution in [3.63, 3.8) is 0 Å². The molecular formula is C23H18ClNO4S. The molecule has 30 heavy (non-hydrogen) atoms. The lowest BCUT2D eigenvalue weighted by atomic mass is 9.95. The van der Waals surface area contributed by atoms with E-state index < -0.39 is 17.7 Å². The number of aliphatic hydroxyl groups excluding tert-OH is 1. The number of halogens is 1. The Balaban J connectivity index is 1.90. The first-order valence-corrected chi connectivity index (χ1v) is 10.5. The average Bonchev–Trinajstić information content (AvgIpc) is 3.36. The normalized spacial score (nSPS) is 18.1. The van der Waals surface area contributed by atoms with E-state index >= 15 is 0 Å². The van der Waals surface area contributed by atoms with Crippen LogP contribution in [0.2, 0.25) is 5.02 Å². The Hall–Kier alpha value is -3.09. The number of hydrogen-bond acceptors (Lipinski definition) is 5. The molecule has 0 spiro atoms. The van der Waals surface area contributed by atoms with Crippen LogP contribution in [0.15, 0.2) is 71.6 Å². The fourth-order valence-corrected chi connectivity index (χ4v) is 4.48. The third-order valence-corrected chi connectivity index (χ3v) is 6.07. The minimum absolute atomic E-state index is 0.0170. The highest BCUT2D eigenvalue weighted by Gasteiger charge is 2.46. The van der Waals surface area contributed by atoms with Crippen molar-refractivity contribution in [1.29, 1.82) is 0 Å². The van der Waals surface area contributed by atoms with E-state index in [4.69, 9.17) is 16.3 Å². The van der Waals surface area contributed by atoms with Gasteiger partial charge in [0.25, 0.3) is 11.7 Å². The highest BCUT2D eigenvalue weighted by Crippen LogP contribution is 2.42. The Labute approximate surface area is 182 Å². The highest BCUT2D eigenvalue weighted by atomic mass is 35.5. The zero-order chi connectivity index (χ0) is 21.3. The summed E-state index contributed by atoms with van der Waals surface area (Å²) >= 11 is 7.62. The first-order chi connectivity index (χ1) is 14.5. The fourth-order valence-electron chi connectivity index (χ4n) is 3.61. The van der Waals surface area contributed by atoms with Crippen LogP contribution in [0.25, 0.3) is 5.76 Å². The second-order valence-electron chi connectivity index (χ2n) is 6.76. The molecule has 7 heteroatoms. The summed E-state index contributed by atoms with van der Waals surface area (Å²) in [6.45, 7) is 0.269. The number of ketones is 1. The lowest BCUT2D eigenvalue weighted by molar-refractivity contribution is -0.140. The minimum atomic E-state index is -0.736. The Bertz CT molecular complexity index is 1130. The number of ether oxygens (including phenoxy) is 1. The van der Waals surface area contributed by atoms with Crippen molar-refractivity contribution in [2.45, 2.75) is 12.6 Å². The molecule has 1 saturated heterocycles. The van der Waals surface area contributed by atoms with Crippen molar-refractivity contribution >= 4 is 40.4 Å². The van der Waals surface area contributed by atoms with Gasteiger partial charge in [-0.1, -0.05) is 48.0 Å². The van der Waals surface area contributed by atoms with Crippen molar-refractivity contribution < 1.29 is 19.4 Å². The number of benzene rings is 2. The fraction of sp³-hybridized carbons (Fsp3) is 0.130. The molecule has 1 atom stereocenters. The molecule has 5 nitrogen and oxygen atoms in total. The summed E-state index contributed by atoms with van der Waals surface area (Å²) in [5.74, 6) is -1.34. The maximum Gasteiger partial charge on any atom is 0.295 e. The Morgan fingerprint density at radius 2 is 1.90 bits per heavy atom. The van der Waals surface area contributed by atoms with Crippen LogP contribution in [0.5, 0.6) is 5.75 Å². The van der Waals surface area contributed by atoms with Crippen molar-refractivity contribution in [2.75, 3.05) is 7.11 Å². The van der Waals surface area contributed by atoms with Crippen LogP contribution in [-0.2, 0) is 16.1 Å². The molecule has 1 aliphatic rings. The smallest absolute Gasteiger partial charge is 0.295 e. The number of hydrogen-bond donors (Lipinski definition) is 1. The summed E-state index contributed by atoms with van der Waals surface area (Å²) in [4.78, 5) is 28.4. The SMILES string of the molecule is COc1ccc(Cl)cc1/C(O)=C1\C(=O)C(=O)N(Cc2cccs2)C1c1ccccc1. The predicted octanol–water partition coefficient (Wildman–Crippen LogP) is 5.03. The zero-order valence-corrected chi connectivity index (χ0v) is 17.6. The molecular weight excluding hydrogens is 422 g/mol. The van der Waals surface area contributed by atoms with Crippen LogP contribution in [0.4, 0.5) is 0 Å². The van der Waals surface area contributed by atoms with Crippen molar-refractivity contribution in [3.8, 4) is 5.75 Å². The lowest BCUT2D eigenvalue weighted by Crippen LogP contribution is -2.28. The largest absolute Gasteiger partial charge is 0.507 e. The molecule has 1 unspecified atom stereocenters. The number of methoxy groups -OCH3 is 1. The van der Waals surface area contributed by atoms with Crippen molar-refractivity contribution in [2.24, 2.45) is 0 Å². The van der Waals surface area contributed by atoms with Gasteiger partial charge < -0.3 is 14.7 Å². The quantitative estimate of drug-likeness (QED) is 0.344. The Kier molecular flexibility index (Phi) is 5.61. The van der Waals surface area contributed by atoms with E-state index in [2.05, 4.69) is 0 Å². The van der Waals surface area contributed by atoms with Gasteiger partial charge in [0.1, 0.15) is 11.5 Å². The van der Waals surface area contributed by atoms with Gasteiger partial charge in [-0.15, -0.1) is 11.3 Å². The van der Waals surface area contributed by atoms with Gasteiger partial charge in [0, 0.05) is 9.90 Å². The number of thiophene rings is 1. The van der Waals surface area contributed by atoms with Gasteiger partial charge in [-0.05, 0) is 35.2 Å². The molecule has 3 aromatic rings. The van der Waals surface area contributed by atoms with Gasteiger partial charge in [0.2, 0.25) is 0 Å². The van der Waals surface area contributed by atoms with Gasteiger partial charge in [-0.3, -0.25) is 9.59 Å². The van der Waals surface area contributed by atoms with Crippen LogP contribution in [-0.4, -0.2) is 28.8 Å². The molecule has 1 fully saturated rings. The number of amides is 1. The molecule has 4 rings (SSSR count). The number of carbonyl (C=O) groups excluding carboxylic acids is 2. The average molecular weight is 440 g/mol. The highest BCUT2D eigenvalue weighted by molar-refractivity contribution is 7.09. The van der Waals surface area contributed by atoms with Gasteiger partial charge >= 0.3 is 0 Å². The van der Waals surface area contributed by atoms with E-state index in [-0.39, 0.29) is 23.4 Å². The maximum absolute atomic E-state index is 13.0. The molecule has 0 saturated carbocycles. The van der Waals surface area contributed by atoms with E-state index in [0.717, 1.165) is 10.4 Å². The van der Waals surface area contributed by atoms with Crippen LogP contribution in [0, 0.1) is 0 Å². The van der Waals surface area contributed by atoms with Crippen LogP contribution < -0.4 is 4.74 Å². The van der Waals surface area contributed by atoms with Gasteiger partial charge in [0.15, 0.2) is 0 Å². The number of rotatable bonds is 5. The summed E-state index contributed by atoms with van der Waals surface area (Å²) in [7, 11) is 1.46. The van der Waals surface area contributed by atoms with Crippen LogP contribution >= 0.6 is 22.9 Å². The first-order valence-electron chi connectivity index (χ1n) is 9.21. The minimum Gasteiger partial charge on any atom is -0.507 e. The first kappa shape index (κ1) is 20.2. The van der Waals surface area contributed by atoms with Gasteiger partial charge in [-0.2, -0.15) is 0 Å². The van der Waals surface area contributed by atoms with Crippen LogP contribution in [0.3, 0.4) is 0 Å². The number of likely N-dealkylation sites (tertiary alicyclic amines) is 1. The molecule has 0 aliphatic carbocycles. The van der Waals surface area contributed by atoms with Gasteiger partial charge in [-0.25, -0.2) is 0 Å². The number of carbonyl (C=O) groups is 2. The standard InChI is InChI=1S/C23H18ClNO4S/c1-29-18-10-9-15(24)12-17(18)21(26)19-20(14-6-3-2-4-7-14)25(23(28)22(19)27)13-16-8-5-11-30-16/h2-12,20,26H,13H2,1H3/b21-19+. The van der Waals surface area contributed by atoms with E-state index in [0.29, 0.717) is 10.8 Å². The lowest BCUT2D eigenvalue weighted by Gasteiger charge is -2.25. The molecule has 1 amide bonds. The molecule has 0 radical (unpaired) electrons. The topological polar surface area (TPSA) is 66.8 Å². The summed E-state index contributed by atoms with van der Waals surface area (Å²) in [6.07, 6.45) is 0. The van der Waals surface area contributed by atoms with E-state index in [1.807, 2.05) is 47.8 Å². The zero-order valence-electron chi connectivity index (χ0n) is 16.0. The molecule has 0 bridgehead atoms. The predicted molar refractivity (Wildman–Crippen MR) is 117 cm³/mol. The third-order valence-electron chi connectivity index (χ3n) is 4.98. The molecule has 1 aliphatic heterocycles. The second-order valence-corrected chi connectivity index (χ2v) is 8.23. The van der Waals surface area contributed by atoms with Gasteiger partial charge in [0.05, 0.1) is 30.8 Å². The van der Waals surface area contributed by atoms with E-state index in [9.17, 15) is 14.7 Å². The summed E-state index contributed by atoms with van der Waals surface area (Å²) < 4.78 is 5.34. The molecule has 1 N–H and O–H groups in total. The molecule has 152 valence electrons. The van der Waals surface area contributed by atoms with E-state index in [1.54, 1.807) is 12.1 Å². The number of nitrogens with zero attached hydrogens (tertiary/aromatic N) is 1. The summed E-state index contributed by atoms with van der Waals surface area (Å²) in [5.41, 5.74) is 1.01. The second kappa shape index (κ2) is 8.34. The van der Waals surface area contributed by atoms with Crippen molar-refractivity contribution in [3.05, 3.63) is 92.6 Å². The summed E-state index contributed by atoms with van der Waals surface area (Å²) in [5, 5.41) is 13.5. The monoisotopic (exact) mass is 439 g/mol. The number of aliphatic hydroxyl groups is 1. The number of Topliss-reactive ketones (excluding diaryl/α,β-unsaturated/α-hetero) is 1. The van der Waals surface area contributed by atoms with Crippen molar-refractivity contribution in [1.82, 2.24) is 4.90 Å². The molecule has 2 heterocycles. The third kappa shape index (κ3) is 3.60.